The van der Waals surface area contributed by atoms with Gasteiger partial charge < -0.3 is 14.8 Å². The number of hydrogen-bond donors (Lipinski definition) is 2. The number of amides is 1. The lowest BCUT2D eigenvalue weighted by molar-refractivity contribution is 0.0696. The molecule has 0 spiro atoms. The first-order valence-electron chi connectivity index (χ1n) is 11.5. The molecule has 0 atom stereocenters. The molecule has 4 aromatic rings. The van der Waals surface area contributed by atoms with E-state index in [1.165, 1.54) is 4.88 Å². The minimum atomic E-state index is -0.967. The van der Waals surface area contributed by atoms with E-state index in [4.69, 9.17) is 9.52 Å². The second-order valence-corrected chi connectivity index (χ2v) is 9.49. The zero-order valence-corrected chi connectivity index (χ0v) is 19.8. The third-order valence-electron chi connectivity index (χ3n) is 6.03. The number of benzene rings is 2. The van der Waals surface area contributed by atoms with Crippen LogP contribution in [0.5, 0.6) is 0 Å². The zero-order valence-electron chi connectivity index (χ0n) is 19.0. The summed E-state index contributed by atoms with van der Waals surface area (Å²) in [7, 11) is 0. The van der Waals surface area contributed by atoms with Crippen molar-refractivity contribution in [3.63, 3.8) is 0 Å². The van der Waals surface area contributed by atoms with Crippen molar-refractivity contribution in [3.05, 3.63) is 99.6 Å². The molecule has 0 saturated heterocycles. The fourth-order valence-electron chi connectivity index (χ4n) is 4.22. The van der Waals surface area contributed by atoms with Gasteiger partial charge in [-0.2, -0.15) is 0 Å². The first-order chi connectivity index (χ1) is 17.1. The van der Waals surface area contributed by atoms with Crippen molar-refractivity contribution < 1.29 is 19.1 Å². The van der Waals surface area contributed by atoms with E-state index >= 15 is 0 Å². The van der Waals surface area contributed by atoms with Crippen LogP contribution in [-0.2, 0) is 19.4 Å². The topological polar surface area (TPSA) is 91.9 Å². The van der Waals surface area contributed by atoms with Crippen LogP contribution in [0.25, 0.3) is 11.3 Å². The number of nitrogens with zero attached hydrogens (tertiary/aromatic N) is 1. The first-order valence-corrected chi connectivity index (χ1v) is 12.3. The Morgan fingerprint density at radius 1 is 1.00 bits per heavy atom. The fraction of sp³-hybridized carbons (Fsp3) is 0.179. The van der Waals surface area contributed by atoms with Crippen molar-refractivity contribution in [2.24, 2.45) is 4.99 Å². The minimum absolute atomic E-state index is 0.0981. The Morgan fingerprint density at radius 3 is 2.54 bits per heavy atom. The van der Waals surface area contributed by atoms with Gasteiger partial charge in [0.25, 0.3) is 5.91 Å². The number of fused-ring (bicyclic) bond motifs is 1. The van der Waals surface area contributed by atoms with Gasteiger partial charge in [0, 0.05) is 17.0 Å². The van der Waals surface area contributed by atoms with Crippen molar-refractivity contribution in [2.75, 3.05) is 0 Å². The van der Waals surface area contributed by atoms with Crippen LogP contribution < -0.4 is 5.32 Å². The van der Waals surface area contributed by atoms with Crippen molar-refractivity contribution in [1.82, 2.24) is 5.32 Å². The summed E-state index contributed by atoms with van der Waals surface area (Å²) < 4.78 is 5.91. The first kappa shape index (κ1) is 22.8. The molecule has 6 nitrogen and oxygen atoms in total. The molecule has 1 amide bonds. The predicted molar refractivity (Wildman–Crippen MR) is 137 cm³/mol. The summed E-state index contributed by atoms with van der Waals surface area (Å²) >= 11 is 1.58. The number of carbonyl (C=O) groups is 2. The smallest absolute Gasteiger partial charge is 0.335 e. The van der Waals surface area contributed by atoms with Crippen LogP contribution >= 0.6 is 11.3 Å². The van der Waals surface area contributed by atoms with E-state index in [-0.39, 0.29) is 11.5 Å². The molecule has 0 radical (unpaired) electrons. The number of carboxylic acid groups (broad SMARTS) is 1. The molecule has 0 unspecified atom stereocenters. The van der Waals surface area contributed by atoms with E-state index in [1.54, 1.807) is 41.8 Å². The molecule has 2 heterocycles. The number of carbonyl (C=O) groups excluding carboxylic acids is 1. The van der Waals surface area contributed by atoms with Crippen LogP contribution in [0.15, 0.2) is 76.1 Å². The molecule has 35 heavy (non-hydrogen) atoms. The summed E-state index contributed by atoms with van der Waals surface area (Å²) in [5.74, 6) is 0.115. The van der Waals surface area contributed by atoms with Crippen molar-refractivity contribution in [3.8, 4) is 11.3 Å². The lowest BCUT2D eigenvalue weighted by atomic mass is 9.95. The minimum Gasteiger partial charge on any atom is -0.478 e. The number of thiophene rings is 1. The Morgan fingerprint density at radius 2 is 1.77 bits per heavy atom. The monoisotopic (exact) mass is 484 g/mol. The van der Waals surface area contributed by atoms with Gasteiger partial charge in [-0.05, 0) is 61.1 Å². The van der Waals surface area contributed by atoms with Crippen molar-refractivity contribution in [1.29, 1.82) is 0 Å². The van der Waals surface area contributed by atoms with Crippen LogP contribution in [0, 0.1) is 0 Å². The van der Waals surface area contributed by atoms with Crippen LogP contribution in [-0.4, -0.2) is 23.2 Å². The van der Waals surface area contributed by atoms with E-state index in [1.807, 2.05) is 42.5 Å². The second-order valence-electron chi connectivity index (χ2n) is 8.40. The molecule has 7 heteroatoms. The standard InChI is InChI=1S/C28H24N2O4S/c31-26(29-16-18-6-2-1-3-7-18)25-22-8-4-5-9-24(22)35-27(25)30-17-21-14-15-23(34-21)19-10-12-20(13-11-19)28(32)33/h1-3,6-7,10-15,17H,4-5,8-9,16H2,(H,29,31)(H,32,33)/b30-17-. The summed E-state index contributed by atoms with van der Waals surface area (Å²) in [6.45, 7) is 0.468. The molecule has 0 aliphatic heterocycles. The molecule has 1 aliphatic rings. The van der Waals surface area contributed by atoms with Crippen molar-refractivity contribution in [2.45, 2.75) is 32.2 Å². The van der Waals surface area contributed by atoms with Crippen LogP contribution in [0.1, 0.15) is 55.3 Å². The van der Waals surface area contributed by atoms with Gasteiger partial charge >= 0.3 is 5.97 Å². The van der Waals surface area contributed by atoms with E-state index in [2.05, 4.69) is 10.3 Å². The van der Waals surface area contributed by atoms with Gasteiger partial charge in [-0.3, -0.25) is 4.79 Å². The molecule has 5 rings (SSSR count). The molecule has 176 valence electrons. The largest absolute Gasteiger partial charge is 0.478 e. The zero-order chi connectivity index (χ0) is 24.2. The van der Waals surface area contributed by atoms with E-state index in [0.29, 0.717) is 28.6 Å². The quantitative estimate of drug-likeness (QED) is 0.303. The Kier molecular flexibility index (Phi) is 6.59. The number of hydrogen-bond acceptors (Lipinski definition) is 5. The normalized spacial score (nSPS) is 13.0. The number of carboxylic acids is 1. The molecule has 2 aromatic heterocycles. The van der Waals surface area contributed by atoms with Gasteiger partial charge in [0.1, 0.15) is 16.5 Å². The number of nitrogens with one attached hydrogen (secondary N) is 1. The molecule has 2 aromatic carbocycles. The molecular formula is C28H24N2O4S. The summed E-state index contributed by atoms with van der Waals surface area (Å²) in [5.41, 5.74) is 3.85. The number of aliphatic imine (C=N–C) groups is 1. The Bertz CT molecular complexity index is 1380. The van der Waals surface area contributed by atoms with E-state index < -0.39 is 5.97 Å². The lowest BCUT2D eigenvalue weighted by Crippen LogP contribution is -2.24. The lowest BCUT2D eigenvalue weighted by Gasteiger charge is -2.12. The summed E-state index contributed by atoms with van der Waals surface area (Å²) in [5, 5.41) is 12.8. The Labute approximate surface area is 207 Å². The maximum atomic E-state index is 13.2. The number of aryl methyl sites for hydroxylation is 1. The highest BCUT2D eigenvalue weighted by Gasteiger charge is 2.25. The van der Waals surface area contributed by atoms with Crippen LogP contribution in [0.4, 0.5) is 5.00 Å². The fourth-order valence-corrected chi connectivity index (χ4v) is 5.45. The molecular weight excluding hydrogens is 460 g/mol. The molecule has 0 bridgehead atoms. The average molecular weight is 485 g/mol. The highest BCUT2D eigenvalue weighted by Crippen LogP contribution is 2.40. The predicted octanol–water partition coefficient (Wildman–Crippen LogP) is 6.27. The average Bonchev–Trinajstić information content (AvgIpc) is 3.51. The maximum absolute atomic E-state index is 13.2. The SMILES string of the molecule is O=C(O)c1ccc(-c2ccc(/C=N\c3sc4c(c3C(=O)NCc3ccccc3)CCCC4)o2)cc1. The summed E-state index contributed by atoms with van der Waals surface area (Å²) in [6, 6.07) is 20.0. The van der Waals surface area contributed by atoms with E-state index in [0.717, 1.165) is 42.4 Å². The summed E-state index contributed by atoms with van der Waals surface area (Å²) in [4.78, 5) is 30.2. The highest BCUT2D eigenvalue weighted by molar-refractivity contribution is 7.16. The van der Waals surface area contributed by atoms with Gasteiger partial charge in [-0.25, -0.2) is 9.79 Å². The summed E-state index contributed by atoms with van der Waals surface area (Å²) in [6.07, 6.45) is 5.72. The Hall–Kier alpha value is -3.97. The maximum Gasteiger partial charge on any atom is 0.335 e. The van der Waals surface area contributed by atoms with E-state index in [9.17, 15) is 9.59 Å². The number of aromatic carboxylic acids is 1. The Balaban J connectivity index is 1.37. The molecule has 0 fully saturated rings. The molecule has 2 N–H and O–H groups in total. The number of furan rings is 1. The van der Waals surface area contributed by atoms with Gasteiger partial charge in [0.15, 0.2) is 0 Å². The third kappa shape index (κ3) is 5.10. The van der Waals surface area contributed by atoms with Gasteiger partial charge in [-0.15, -0.1) is 11.3 Å². The van der Waals surface area contributed by atoms with Gasteiger partial charge in [0.2, 0.25) is 0 Å². The van der Waals surface area contributed by atoms with Gasteiger partial charge in [0.05, 0.1) is 17.3 Å². The van der Waals surface area contributed by atoms with Crippen LogP contribution in [0.3, 0.4) is 0 Å². The third-order valence-corrected chi connectivity index (χ3v) is 7.23. The highest BCUT2D eigenvalue weighted by atomic mass is 32.1. The van der Waals surface area contributed by atoms with Gasteiger partial charge in [-0.1, -0.05) is 42.5 Å². The number of rotatable bonds is 7. The second kappa shape index (κ2) is 10.1. The molecule has 1 aliphatic carbocycles. The van der Waals surface area contributed by atoms with Crippen LogP contribution in [0.2, 0.25) is 0 Å². The molecule has 0 saturated carbocycles. The van der Waals surface area contributed by atoms with Crippen molar-refractivity contribution >= 4 is 34.4 Å².